The molecule has 1 saturated heterocycles. The van der Waals surface area contributed by atoms with Crippen molar-refractivity contribution in [2.75, 3.05) is 6.54 Å². The molecule has 2 aromatic heterocycles. The standard InChI is InChI=1S/C23H26N4O4S/c1-13-6-16(4-5-19(13)22-15(3)25-12-32-22)10-24-23(30)20-8-17(28)11-27(20)21(29)9-18-7-14(2)26-31-18/h4-7,12,17,20,28H,8-11H2,1-3H3,(H,24,30). The molecule has 4 rings (SSSR count). The number of likely N-dealkylation sites (tertiary alicyclic amines) is 1. The van der Waals surface area contributed by atoms with Crippen molar-refractivity contribution in [2.45, 2.75) is 52.3 Å². The Kier molecular flexibility index (Phi) is 6.38. The van der Waals surface area contributed by atoms with Crippen LogP contribution in [0.15, 0.2) is 34.3 Å². The van der Waals surface area contributed by atoms with Gasteiger partial charge in [0.25, 0.3) is 0 Å². The lowest BCUT2D eigenvalue weighted by Gasteiger charge is -2.23. The first kappa shape index (κ1) is 22.2. The molecule has 1 aliphatic heterocycles. The lowest BCUT2D eigenvalue weighted by molar-refractivity contribution is -0.138. The number of hydrogen-bond donors (Lipinski definition) is 2. The number of thiazole rings is 1. The molecule has 3 aromatic rings. The smallest absolute Gasteiger partial charge is 0.243 e. The number of aliphatic hydroxyl groups excluding tert-OH is 1. The van der Waals surface area contributed by atoms with E-state index < -0.39 is 12.1 Å². The first-order valence-corrected chi connectivity index (χ1v) is 11.4. The largest absolute Gasteiger partial charge is 0.391 e. The number of rotatable bonds is 6. The molecule has 9 heteroatoms. The van der Waals surface area contributed by atoms with Gasteiger partial charge in [0.05, 0.1) is 34.3 Å². The maximum Gasteiger partial charge on any atom is 0.243 e. The van der Waals surface area contributed by atoms with Gasteiger partial charge in [-0.1, -0.05) is 23.4 Å². The second kappa shape index (κ2) is 9.22. The van der Waals surface area contributed by atoms with Crippen LogP contribution in [0.5, 0.6) is 0 Å². The van der Waals surface area contributed by atoms with E-state index in [1.54, 1.807) is 24.3 Å². The Hall–Kier alpha value is -3.04. The minimum absolute atomic E-state index is 0.00892. The minimum atomic E-state index is -0.727. The van der Waals surface area contributed by atoms with E-state index >= 15 is 0 Å². The van der Waals surface area contributed by atoms with Crippen LogP contribution in [-0.2, 0) is 22.6 Å². The fourth-order valence-electron chi connectivity index (χ4n) is 4.05. The number of nitrogens with zero attached hydrogens (tertiary/aromatic N) is 3. The van der Waals surface area contributed by atoms with Crippen LogP contribution >= 0.6 is 11.3 Å². The van der Waals surface area contributed by atoms with E-state index in [1.807, 2.05) is 37.6 Å². The quantitative estimate of drug-likeness (QED) is 0.593. The Balaban J connectivity index is 1.39. The SMILES string of the molecule is Cc1cc(CC(=O)N2CC(O)CC2C(=O)NCc2ccc(-c3scnc3C)c(C)c2)on1. The van der Waals surface area contributed by atoms with Crippen molar-refractivity contribution < 1.29 is 19.2 Å². The number of carbonyl (C=O) groups is 2. The minimum Gasteiger partial charge on any atom is -0.391 e. The van der Waals surface area contributed by atoms with Gasteiger partial charge >= 0.3 is 0 Å². The molecule has 1 aliphatic rings. The molecule has 2 atom stereocenters. The molecule has 1 aromatic carbocycles. The Morgan fingerprint density at radius 3 is 2.75 bits per heavy atom. The number of nitrogens with one attached hydrogen (secondary N) is 1. The summed E-state index contributed by atoms with van der Waals surface area (Å²) in [5, 5.41) is 16.8. The normalized spacial score (nSPS) is 18.2. The van der Waals surface area contributed by atoms with Crippen LogP contribution in [0.3, 0.4) is 0 Å². The Morgan fingerprint density at radius 1 is 1.28 bits per heavy atom. The molecular formula is C23H26N4O4S. The van der Waals surface area contributed by atoms with Crippen molar-refractivity contribution >= 4 is 23.2 Å². The van der Waals surface area contributed by atoms with Crippen molar-refractivity contribution in [3.05, 3.63) is 58.1 Å². The van der Waals surface area contributed by atoms with Crippen LogP contribution in [0, 0.1) is 20.8 Å². The molecule has 2 N–H and O–H groups in total. The van der Waals surface area contributed by atoms with Gasteiger partial charge in [-0.25, -0.2) is 4.98 Å². The topological polar surface area (TPSA) is 109 Å². The highest BCUT2D eigenvalue weighted by Gasteiger charge is 2.38. The summed E-state index contributed by atoms with van der Waals surface area (Å²) in [7, 11) is 0. The predicted octanol–water partition coefficient (Wildman–Crippen LogP) is 2.54. The number of aliphatic hydroxyl groups is 1. The van der Waals surface area contributed by atoms with Crippen LogP contribution in [-0.4, -0.2) is 50.7 Å². The van der Waals surface area contributed by atoms with E-state index in [1.165, 1.54) is 4.90 Å². The molecule has 168 valence electrons. The zero-order chi connectivity index (χ0) is 22.8. The van der Waals surface area contributed by atoms with Crippen molar-refractivity contribution in [2.24, 2.45) is 0 Å². The van der Waals surface area contributed by atoms with Gasteiger partial charge < -0.3 is 19.8 Å². The zero-order valence-electron chi connectivity index (χ0n) is 18.3. The van der Waals surface area contributed by atoms with Crippen LogP contribution in [0.1, 0.15) is 34.7 Å². The first-order chi connectivity index (χ1) is 15.3. The fourth-order valence-corrected chi connectivity index (χ4v) is 4.94. The Labute approximate surface area is 190 Å². The number of benzene rings is 1. The highest BCUT2D eigenvalue weighted by atomic mass is 32.1. The molecule has 0 spiro atoms. The molecule has 0 bridgehead atoms. The molecule has 32 heavy (non-hydrogen) atoms. The summed E-state index contributed by atoms with van der Waals surface area (Å²) in [5.74, 6) is -0.0959. The van der Waals surface area contributed by atoms with Gasteiger partial charge in [0.2, 0.25) is 11.8 Å². The van der Waals surface area contributed by atoms with Gasteiger partial charge in [-0.15, -0.1) is 11.3 Å². The molecular weight excluding hydrogens is 428 g/mol. The van der Waals surface area contributed by atoms with Crippen molar-refractivity contribution in [3.8, 4) is 10.4 Å². The number of aryl methyl sites for hydroxylation is 3. The van der Waals surface area contributed by atoms with Gasteiger partial charge in [-0.2, -0.15) is 0 Å². The second-order valence-corrected chi connectivity index (χ2v) is 9.05. The molecule has 0 radical (unpaired) electrons. The Morgan fingerprint density at radius 2 is 2.09 bits per heavy atom. The van der Waals surface area contributed by atoms with Gasteiger partial charge in [-0.3, -0.25) is 9.59 Å². The highest BCUT2D eigenvalue weighted by molar-refractivity contribution is 7.13. The molecule has 2 unspecified atom stereocenters. The van der Waals surface area contributed by atoms with E-state index in [2.05, 4.69) is 15.5 Å². The van der Waals surface area contributed by atoms with Crippen LogP contribution in [0.4, 0.5) is 0 Å². The highest BCUT2D eigenvalue weighted by Crippen LogP contribution is 2.30. The number of β-amino-alcohol motifs (C(OH)–C–C–N with tert-alkyl or cyclic N) is 1. The van der Waals surface area contributed by atoms with E-state index in [9.17, 15) is 14.7 Å². The van der Waals surface area contributed by atoms with Crippen LogP contribution < -0.4 is 5.32 Å². The predicted molar refractivity (Wildman–Crippen MR) is 120 cm³/mol. The molecule has 2 amide bonds. The summed E-state index contributed by atoms with van der Waals surface area (Å²) in [6.07, 6.45) is -0.500. The van der Waals surface area contributed by atoms with Gasteiger partial charge in [-0.05, 0) is 37.5 Å². The maximum atomic E-state index is 12.9. The van der Waals surface area contributed by atoms with E-state index in [4.69, 9.17) is 4.52 Å². The van der Waals surface area contributed by atoms with Gasteiger partial charge in [0.1, 0.15) is 11.8 Å². The van der Waals surface area contributed by atoms with Crippen molar-refractivity contribution in [3.63, 3.8) is 0 Å². The van der Waals surface area contributed by atoms with Gasteiger partial charge in [0.15, 0.2) is 0 Å². The lowest BCUT2D eigenvalue weighted by Crippen LogP contribution is -2.46. The van der Waals surface area contributed by atoms with E-state index in [-0.39, 0.29) is 31.2 Å². The monoisotopic (exact) mass is 454 g/mol. The second-order valence-electron chi connectivity index (χ2n) is 8.20. The van der Waals surface area contributed by atoms with E-state index in [0.717, 1.165) is 27.3 Å². The summed E-state index contributed by atoms with van der Waals surface area (Å²) < 4.78 is 5.11. The Bertz CT molecular complexity index is 1140. The first-order valence-electron chi connectivity index (χ1n) is 10.5. The van der Waals surface area contributed by atoms with Gasteiger partial charge in [0, 0.05) is 25.6 Å². The molecule has 0 saturated carbocycles. The fraction of sp³-hybridized carbons (Fsp3) is 0.391. The average molecular weight is 455 g/mol. The summed E-state index contributed by atoms with van der Waals surface area (Å²) in [6, 6.07) is 7.07. The molecule has 8 nitrogen and oxygen atoms in total. The third-order valence-electron chi connectivity index (χ3n) is 5.65. The summed E-state index contributed by atoms with van der Waals surface area (Å²) in [5.41, 5.74) is 6.75. The third kappa shape index (κ3) is 4.73. The molecule has 0 aliphatic carbocycles. The van der Waals surface area contributed by atoms with E-state index in [0.29, 0.717) is 18.0 Å². The summed E-state index contributed by atoms with van der Waals surface area (Å²) >= 11 is 1.61. The van der Waals surface area contributed by atoms with Crippen LogP contribution in [0.2, 0.25) is 0 Å². The van der Waals surface area contributed by atoms with Crippen molar-refractivity contribution in [1.82, 2.24) is 20.4 Å². The molecule has 3 heterocycles. The molecule has 1 fully saturated rings. The lowest BCUT2D eigenvalue weighted by atomic mass is 10.0. The number of amides is 2. The average Bonchev–Trinajstić information content (AvgIpc) is 3.46. The maximum absolute atomic E-state index is 12.9. The number of carbonyl (C=O) groups excluding carboxylic acids is 2. The summed E-state index contributed by atoms with van der Waals surface area (Å²) in [6.45, 7) is 6.29. The number of hydrogen-bond acceptors (Lipinski definition) is 7. The number of aromatic nitrogens is 2. The van der Waals surface area contributed by atoms with Crippen LogP contribution in [0.25, 0.3) is 10.4 Å². The van der Waals surface area contributed by atoms with Crippen molar-refractivity contribution in [1.29, 1.82) is 0 Å². The summed E-state index contributed by atoms with van der Waals surface area (Å²) in [4.78, 5) is 32.5. The third-order valence-corrected chi connectivity index (χ3v) is 6.61. The zero-order valence-corrected chi connectivity index (χ0v) is 19.1.